The van der Waals surface area contributed by atoms with Crippen molar-refractivity contribution >= 4 is 21.7 Å². The first-order chi connectivity index (χ1) is 7.49. The van der Waals surface area contributed by atoms with Gasteiger partial charge in [0.1, 0.15) is 12.1 Å². The van der Waals surface area contributed by atoms with E-state index in [1.54, 1.807) is 6.20 Å². The molecule has 1 heterocycles. The van der Waals surface area contributed by atoms with Crippen molar-refractivity contribution in [1.29, 1.82) is 0 Å². The molecule has 0 aromatic carbocycles. The first kappa shape index (κ1) is 13.2. The fraction of sp³-hybridized carbons (Fsp3) is 0.556. The number of aromatic nitrogens is 2. The van der Waals surface area contributed by atoms with Crippen LogP contribution in [0.3, 0.4) is 0 Å². The minimum Gasteiger partial charge on any atom is -0.369 e. The summed E-state index contributed by atoms with van der Waals surface area (Å²) in [6.45, 7) is 0.464. The monoisotopic (exact) mass is 297 g/mol. The van der Waals surface area contributed by atoms with Crippen LogP contribution in [0.4, 0.5) is 19.0 Å². The molecular formula is C9H11BrF3N3. The molecule has 1 aromatic heterocycles. The number of nitrogens with zero attached hydrogens (tertiary/aromatic N) is 2. The zero-order chi connectivity index (χ0) is 12.0. The molecule has 0 saturated heterocycles. The Labute approximate surface area is 99.6 Å². The van der Waals surface area contributed by atoms with Crippen molar-refractivity contribution in [3.63, 3.8) is 0 Å². The maximum Gasteiger partial charge on any atom is 0.389 e. The molecule has 7 heteroatoms. The molecule has 0 saturated carbocycles. The summed E-state index contributed by atoms with van der Waals surface area (Å²) in [5.74, 6) is 0.599. The second-order valence-electron chi connectivity index (χ2n) is 3.22. The quantitative estimate of drug-likeness (QED) is 0.847. The summed E-state index contributed by atoms with van der Waals surface area (Å²) in [6, 6.07) is 0. The highest BCUT2D eigenvalue weighted by Gasteiger charge is 2.25. The molecule has 90 valence electrons. The maximum absolute atomic E-state index is 11.8. The molecule has 0 unspecified atom stereocenters. The average Bonchev–Trinajstić information content (AvgIpc) is 2.18. The number of nitrogens with one attached hydrogen (secondary N) is 1. The van der Waals surface area contributed by atoms with Gasteiger partial charge in [-0.05, 0) is 28.8 Å². The second kappa shape index (κ2) is 6.03. The van der Waals surface area contributed by atoms with Gasteiger partial charge < -0.3 is 5.32 Å². The van der Waals surface area contributed by atoms with E-state index in [0.717, 1.165) is 0 Å². The van der Waals surface area contributed by atoms with Gasteiger partial charge in [-0.1, -0.05) is 0 Å². The smallest absolute Gasteiger partial charge is 0.369 e. The molecule has 3 nitrogen and oxygen atoms in total. The van der Waals surface area contributed by atoms with Crippen LogP contribution in [0.1, 0.15) is 19.3 Å². The van der Waals surface area contributed by atoms with Crippen LogP contribution < -0.4 is 5.32 Å². The first-order valence-electron chi connectivity index (χ1n) is 4.75. The van der Waals surface area contributed by atoms with Crippen molar-refractivity contribution in [2.24, 2.45) is 0 Å². The normalized spacial score (nSPS) is 11.5. The van der Waals surface area contributed by atoms with E-state index in [1.165, 1.54) is 6.33 Å². The third kappa shape index (κ3) is 5.29. The minimum absolute atomic E-state index is 0.124. The first-order valence-corrected chi connectivity index (χ1v) is 5.54. The summed E-state index contributed by atoms with van der Waals surface area (Å²) in [5.41, 5.74) is 0. The molecule has 1 aromatic rings. The van der Waals surface area contributed by atoms with E-state index in [4.69, 9.17) is 0 Å². The van der Waals surface area contributed by atoms with Crippen LogP contribution in [0.25, 0.3) is 0 Å². The van der Waals surface area contributed by atoms with Crippen molar-refractivity contribution in [1.82, 2.24) is 9.97 Å². The van der Waals surface area contributed by atoms with E-state index in [1.807, 2.05) is 0 Å². The van der Waals surface area contributed by atoms with Gasteiger partial charge in [0.2, 0.25) is 0 Å². The predicted octanol–water partition coefficient (Wildman–Crippen LogP) is 3.38. The molecule has 1 rings (SSSR count). The van der Waals surface area contributed by atoms with Gasteiger partial charge in [-0.3, -0.25) is 0 Å². The van der Waals surface area contributed by atoms with Crippen molar-refractivity contribution in [3.8, 4) is 0 Å². The summed E-state index contributed by atoms with van der Waals surface area (Å²) in [4.78, 5) is 7.71. The molecule has 0 aliphatic carbocycles. The fourth-order valence-electron chi connectivity index (χ4n) is 1.10. The topological polar surface area (TPSA) is 37.8 Å². The Morgan fingerprint density at radius 3 is 2.69 bits per heavy atom. The summed E-state index contributed by atoms with van der Waals surface area (Å²) in [6.07, 6.45) is -1.27. The zero-order valence-electron chi connectivity index (χ0n) is 8.39. The molecule has 0 fully saturated rings. The molecule has 16 heavy (non-hydrogen) atoms. The van der Waals surface area contributed by atoms with E-state index >= 15 is 0 Å². The lowest BCUT2D eigenvalue weighted by Crippen LogP contribution is -2.09. The molecule has 0 aliphatic heterocycles. The third-order valence-corrected chi connectivity index (χ3v) is 2.43. The number of anilines is 1. The average molecular weight is 298 g/mol. The number of hydrogen-bond acceptors (Lipinski definition) is 3. The minimum atomic E-state index is -4.06. The third-order valence-electron chi connectivity index (χ3n) is 1.85. The highest BCUT2D eigenvalue weighted by atomic mass is 79.9. The Hall–Kier alpha value is -0.850. The van der Waals surface area contributed by atoms with E-state index in [-0.39, 0.29) is 6.42 Å². The van der Waals surface area contributed by atoms with Crippen LogP contribution in [-0.4, -0.2) is 22.7 Å². The molecule has 1 N–H and O–H groups in total. The van der Waals surface area contributed by atoms with Gasteiger partial charge in [0.25, 0.3) is 0 Å². The van der Waals surface area contributed by atoms with Crippen LogP contribution >= 0.6 is 15.9 Å². The van der Waals surface area contributed by atoms with Gasteiger partial charge in [-0.2, -0.15) is 13.2 Å². The van der Waals surface area contributed by atoms with Gasteiger partial charge >= 0.3 is 6.18 Å². The van der Waals surface area contributed by atoms with Crippen molar-refractivity contribution in [3.05, 3.63) is 17.0 Å². The number of halogens is 4. The van der Waals surface area contributed by atoms with Crippen LogP contribution in [0.5, 0.6) is 0 Å². The lowest BCUT2D eigenvalue weighted by molar-refractivity contribution is -0.135. The van der Waals surface area contributed by atoms with Crippen LogP contribution in [0.2, 0.25) is 0 Å². The standard InChI is InChI=1S/C9H11BrF3N3/c10-7-5-14-6-16-8(7)15-4-2-1-3-9(11,12)13/h5-6H,1-4H2,(H,14,15,16). The highest BCUT2D eigenvalue weighted by molar-refractivity contribution is 9.10. The Kier molecular flexibility index (Phi) is 4.98. The fourth-order valence-corrected chi connectivity index (χ4v) is 1.46. The SMILES string of the molecule is FC(F)(F)CCCCNc1ncncc1Br. The molecule has 0 amide bonds. The lowest BCUT2D eigenvalue weighted by atomic mass is 10.2. The Balaban J connectivity index is 2.19. The van der Waals surface area contributed by atoms with Gasteiger partial charge in [0.15, 0.2) is 0 Å². The number of alkyl halides is 3. The molecule has 0 radical (unpaired) electrons. The molecule has 0 spiro atoms. The predicted molar refractivity (Wildman–Crippen MR) is 58.1 cm³/mol. The largest absolute Gasteiger partial charge is 0.389 e. The number of rotatable bonds is 5. The number of hydrogen-bond donors (Lipinski definition) is 1. The summed E-state index contributed by atoms with van der Waals surface area (Å²) in [7, 11) is 0. The zero-order valence-corrected chi connectivity index (χ0v) is 9.98. The molecular weight excluding hydrogens is 287 g/mol. The lowest BCUT2D eigenvalue weighted by Gasteiger charge is -2.08. The summed E-state index contributed by atoms with van der Waals surface area (Å²) >= 11 is 3.23. The number of unbranched alkanes of at least 4 members (excludes halogenated alkanes) is 1. The van der Waals surface area contributed by atoms with E-state index < -0.39 is 12.6 Å². The second-order valence-corrected chi connectivity index (χ2v) is 4.07. The van der Waals surface area contributed by atoms with Crippen molar-refractivity contribution in [2.75, 3.05) is 11.9 Å². The Morgan fingerprint density at radius 1 is 1.31 bits per heavy atom. The van der Waals surface area contributed by atoms with Gasteiger partial charge in [0, 0.05) is 19.2 Å². The Morgan fingerprint density at radius 2 is 2.06 bits per heavy atom. The van der Waals surface area contributed by atoms with Gasteiger partial charge in [-0.15, -0.1) is 0 Å². The maximum atomic E-state index is 11.8. The van der Waals surface area contributed by atoms with E-state index in [0.29, 0.717) is 23.3 Å². The van der Waals surface area contributed by atoms with E-state index in [2.05, 4.69) is 31.2 Å². The van der Waals surface area contributed by atoms with E-state index in [9.17, 15) is 13.2 Å². The van der Waals surface area contributed by atoms with Crippen LogP contribution in [0.15, 0.2) is 17.0 Å². The Bertz CT molecular complexity index is 330. The molecule has 0 atom stereocenters. The van der Waals surface area contributed by atoms with Crippen LogP contribution in [0, 0.1) is 0 Å². The van der Waals surface area contributed by atoms with Crippen molar-refractivity contribution in [2.45, 2.75) is 25.4 Å². The van der Waals surface area contributed by atoms with Gasteiger partial charge in [0.05, 0.1) is 4.47 Å². The van der Waals surface area contributed by atoms with Crippen LogP contribution in [-0.2, 0) is 0 Å². The summed E-state index contributed by atoms with van der Waals surface area (Å²) < 4.78 is 36.2. The highest BCUT2D eigenvalue weighted by Crippen LogP contribution is 2.22. The molecule has 0 bridgehead atoms. The van der Waals surface area contributed by atoms with Crippen molar-refractivity contribution < 1.29 is 13.2 Å². The van der Waals surface area contributed by atoms with Gasteiger partial charge in [-0.25, -0.2) is 9.97 Å². The summed E-state index contributed by atoms with van der Waals surface area (Å²) in [5, 5.41) is 2.93. The molecule has 0 aliphatic rings.